The summed E-state index contributed by atoms with van der Waals surface area (Å²) in [6.07, 6.45) is 1.03. The molecule has 2 aliphatic heterocycles. The minimum Gasteiger partial charge on any atom is -0.354 e. The lowest BCUT2D eigenvalue weighted by atomic mass is 10.1. The third-order valence-corrected chi connectivity index (χ3v) is 7.94. The van der Waals surface area contributed by atoms with Gasteiger partial charge in [0.15, 0.2) is 0 Å². The van der Waals surface area contributed by atoms with Crippen molar-refractivity contribution in [2.45, 2.75) is 29.8 Å². The largest absolute Gasteiger partial charge is 0.354 e. The fourth-order valence-electron chi connectivity index (χ4n) is 4.18. The van der Waals surface area contributed by atoms with Crippen LogP contribution < -0.4 is 10.6 Å². The fourth-order valence-corrected chi connectivity index (χ4v) is 5.75. The molecule has 2 atom stereocenters. The molecule has 2 aliphatic rings. The zero-order valence-corrected chi connectivity index (χ0v) is 19.4. The quantitative estimate of drug-likeness (QED) is 0.625. The van der Waals surface area contributed by atoms with Gasteiger partial charge in [0.1, 0.15) is 23.7 Å². The number of piperidine rings is 1. The molecular weight excluding hydrogens is 482 g/mol. The predicted molar refractivity (Wildman–Crippen MR) is 121 cm³/mol. The van der Waals surface area contributed by atoms with Gasteiger partial charge in [0.05, 0.1) is 4.90 Å². The molecule has 35 heavy (non-hydrogen) atoms. The second-order valence-corrected chi connectivity index (χ2v) is 10.2. The Morgan fingerprint density at radius 2 is 1.77 bits per heavy atom. The van der Waals surface area contributed by atoms with E-state index in [0.717, 1.165) is 34.6 Å². The topological polar surface area (TPSA) is 116 Å². The molecule has 2 heterocycles. The first-order chi connectivity index (χ1) is 16.7. The van der Waals surface area contributed by atoms with Crippen molar-refractivity contribution in [3.05, 3.63) is 65.7 Å². The number of rotatable bonds is 5. The highest BCUT2D eigenvalue weighted by molar-refractivity contribution is 7.89. The molecule has 186 valence electrons. The van der Waals surface area contributed by atoms with Crippen LogP contribution in [0.3, 0.4) is 0 Å². The maximum Gasteiger partial charge on any atom is 0.254 e. The maximum absolute atomic E-state index is 13.6. The molecule has 2 saturated heterocycles. The van der Waals surface area contributed by atoms with Crippen LogP contribution in [0.15, 0.2) is 53.4 Å². The third-order valence-electron chi connectivity index (χ3n) is 6.01. The highest BCUT2D eigenvalue weighted by Crippen LogP contribution is 2.24. The lowest BCUT2D eigenvalue weighted by Crippen LogP contribution is -2.63. The van der Waals surface area contributed by atoms with E-state index in [0.29, 0.717) is 19.4 Å². The van der Waals surface area contributed by atoms with Gasteiger partial charge in [-0.05, 0) is 55.3 Å². The molecule has 3 amide bonds. The molecule has 0 radical (unpaired) electrons. The van der Waals surface area contributed by atoms with Crippen molar-refractivity contribution >= 4 is 27.7 Å². The molecule has 2 aromatic carbocycles. The molecule has 2 fully saturated rings. The Morgan fingerprint density at radius 3 is 2.46 bits per heavy atom. The van der Waals surface area contributed by atoms with E-state index in [-0.39, 0.29) is 36.0 Å². The van der Waals surface area contributed by atoms with Gasteiger partial charge < -0.3 is 15.5 Å². The van der Waals surface area contributed by atoms with E-state index in [1.165, 1.54) is 23.1 Å². The Bertz CT molecular complexity index is 1240. The van der Waals surface area contributed by atoms with Crippen LogP contribution in [0.5, 0.6) is 0 Å². The summed E-state index contributed by atoms with van der Waals surface area (Å²) < 4.78 is 54.7. The van der Waals surface area contributed by atoms with Gasteiger partial charge in [0.25, 0.3) is 5.91 Å². The number of sulfonamides is 1. The summed E-state index contributed by atoms with van der Waals surface area (Å²) in [6.45, 7) is -0.106. The number of carbonyl (C=O) groups is 3. The summed E-state index contributed by atoms with van der Waals surface area (Å²) in [5.74, 6) is -2.90. The number of piperazine rings is 1. The van der Waals surface area contributed by atoms with Gasteiger partial charge in [-0.1, -0.05) is 6.07 Å². The molecule has 0 aliphatic carbocycles. The number of hydrogen-bond donors (Lipinski definition) is 2. The summed E-state index contributed by atoms with van der Waals surface area (Å²) in [5.41, 5.74) is 0.0608. The average Bonchev–Trinajstić information content (AvgIpc) is 2.85. The zero-order valence-electron chi connectivity index (χ0n) is 18.6. The van der Waals surface area contributed by atoms with Crippen molar-refractivity contribution < 1.29 is 31.6 Å². The van der Waals surface area contributed by atoms with Crippen LogP contribution in [0.4, 0.5) is 8.78 Å². The molecule has 0 saturated carbocycles. The van der Waals surface area contributed by atoms with Gasteiger partial charge in [-0.25, -0.2) is 17.2 Å². The normalized spacial score (nSPS) is 21.3. The summed E-state index contributed by atoms with van der Waals surface area (Å²) in [7, 11) is -4.24. The Labute approximate surface area is 201 Å². The number of amides is 3. The SMILES string of the molecule is O=C(N[C@@H]1CCCNC1=O)[C@H]1CN(C(=O)c2cccc(F)c2)CCN1S(=O)(=O)c1ccc(F)cc1. The van der Waals surface area contributed by atoms with E-state index in [1.54, 1.807) is 0 Å². The second kappa shape index (κ2) is 10.1. The van der Waals surface area contributed by atoms with E-state index in [2.05, 4.69) is 10.6 Å². The smallest absolute Gasteiger partial charge is 0.254 e. The minimum absolute atomic E-state index is 0.0521. The number of nitrogens with one attached hydrogen (secondary N) is 2. The number of halogens is 2. The van der Waals surface area contributed by atoms with Crippen LogP contribution >= 0.6 is 0 Å². The number of benzene rings is 2. The summed E-state index contributed by atoms with van der Waals surface area (Å²) in [4.78, 5) is 39.4. The molecule has 0 spiro atoms. The van der Waals surface area contributed by atoms with E-state index < -0.39 is 45.6 Å². The Morgan fingerprint density at radius 1 is 1.03 bits per heavy atom. The van der Waals surface area contributed by atoms with Crippen molar-refractivity contribution in [2.24, 2.45) is 0 Å². The minimum atomic E-state index is -4.24. The van der Waals surface area contributed by atoms with Crippen molar-refractivity contribution in [2.75, 3.05) is 26.2 Å². The fraction of sp³-hybridized carbons (Fsp3) is 0.348. The van der Waals surface area contributed by atoms with Crippen molar-refractivity contribution in [1.29, 1.82) is 0 Å². The first-order valence-electron chi connectivity index (χ1n) is 11.1. The van der Waals surface area contributed by atoms with Crippen molar-refractivity contribution in [1.82, 2.24) is 19.8 Å². The van der Waals surface area contributed by atoms with Crippen molar-refractivity contribution in [3.8, 4) is 0 Å². The highest BCUT2D eigenvalue weighted by atomic mass is 32.2. The van der Waals surface area contributed by atoms with Gasteiger partial charge in [-0.15, -0.1) is 0 Å². The molecular formula is C23H24F2N4O5S. The summed E-state index contributed by atoms with van der Waals surface area (Å²) in [6, 6.07) is 7.05. The molecule has 0 unspecified atom stereocenters. The maximum atomic E-state index is 13.6. The van der Waals surface area contributed by atoms with Crippen LogP contribution in [0, 0.1) is 11.6 Å². The van der Waals surface area contributed by atoms with Crippen molar-refractivity contribution in [3.63, 3.8) is 0 Å². The Kier molecular flexibility index (Phi) is 7.13. The van der Waals surface area contributed by atoms with E-state index in [1.807, 2.05) is 0 Å². The third kappa shape index (κ3) is 5.33. The number of nitrogens with zero attached hydrogens (tertiary/aromatic N) is 2. The standard InChI is InChI=1S/C23H24F2N4O5S/c24-16-6-8-18(9-7-16)35(33,34)29-12-11-28(23(32)15-3-1-4-17(25)13-15)14-20(29)22(31)27-19-5-2-10-26-21(19)30/h1,3-4,6-9,13,19-20H,2,5,10-12,14H2,(H,26,30)(H,27,31)/t19-,20-/m1/s1. The molecule has 9 nitrogen and oxygen atoms in total. The highest BCUT2D eigenvalue weighted by Gasteiger charge is 2.42. The lowest BCUT2D eigenvalue weighted by molar-refractivity contribution is -0.132. The Hall–Kier alpha value is -3.38. The van der Waals surface area contributed by atoms with Crippen LogP contribution in [-0.4, -0.2) is 73.6 Å². The number of hydrogen-bond acceptors (Lipinski definition) is 5. The molecule has 0 aromatic heterocycles. The average molecular weight is 507 g/mol. The van der Waals surface area contributed by atoms with Gasteiger partial charge in [-0.2, -0.15) is 4.31 Å². The van der Waals surface area contributed by atoms with Gasteiger partial charge in [0.2, 0.25) is 21.8 Å². The molecule has 2 aromatic rings. The lowest BCUT2D eigenvalue weighted by Gasteiger charge is -2.40. The first kappa shape index (κ1) is 24.7. The number of carbonyl (C=O) groups excluding carboxylic acids is 3. The van der Waals surface area contributed by atoms with Crippen LogP contribution in [0.1, 0.15) is 23.2 Å². The van der Waals surface area contributed by atoms with Gasteiger partial charge in [-0.3, -0.25) is 14.4 Å². The zero-order chi connectivity index (χ0) is 25.2. The molecule has 4 rings (SSSR count). The second-order valence-electron chi connectivity index (χ2n) is 8.34. The van der Waals surface area contributed by atoms with Gasteiger partial charge >= 0.3 is 0 Å². The first-order valence-corrected chi connectivity index (χ1v) is 12.5. The molecule has 2 N–H and O–H groups in total. The summed E-state index contributed by atoms with van der Waals surface area (Å²) >= 11 is 0. The molecule has 12 heteroatoms. The van der Waals surface area contributed by atoms with E-state index >= 15 is 0 Å². The van der Waals surface area contributed by atoms with Crippen LogP contribution in [-0.2, 0) is 19.6 Å². The monoisotopic (exact) mass is 506 g/mol. The molecule has 0 bridgehead atoms. The summed E-state index contributed by atoms with van der Waals surface area (Å²) in [5, 5.41) is 5.24. The van der Waals surface area contributed by atoms with Crippen LogP contribution in [0.25, 0.3) is 0 Å². The van der Waals surface area contributed by atoms with E-state index in [9.17, 15) is 31.6 Å². The Balaban J connectivity index is 1.62. The van der Waals surface area contributed by atoms with Crippen LogP contribution in [0.2, 0.25) is 0 Å². The van der Waals surface area contributed by atoms with E-state index in [4.69, 9.17) is 0 Å². The predicted octanol–water partition coefficient (Wildman–Crippen LogP) is 0.875. The van der Waals surface area contributed by atoms with Gasteiger partial charge in [0, 0.05) is 31.7 Å².